The third-order valence-electron chi connectivity index (χ3n) is 1.72. The van der Waals surface area contributed by atoms with Crippen LogP contribution in [-0.4, -0.2) is 36.3 Å². The lowest BCUT2D eigenvalue weighted by Crippen LogP contribution is -2.47. The number of nitrogens with one attached hydrogen (secondary N) is 2. The summed E-state index contributed by atoms with van der Waals surface area (Å²) in [6.07, 6.45) is 0. The summed E-state index contributed by atoms with van der Waals surface area (Å²) in [7, 11) is 0.865. The first kappa shape index (κ1) is 13.0. The summed E-state index contributed by atoms with van der Waals surface area (Å²) in [6.45, 7) is 5.25. The van der Waals surface area contributed by atoms with Gasteiger partial charge >= 0.3 is 8.80 Å². The van der Waals surface area contributed by atoms with Crippen LogP contribution in [0.2, 0.25) is 6.04 Å². The molecule has 0 rings (SSSR count). The maximum Gasteiger partial charge on any atom is 0.501 e. The van der Waals surface area contributed by atoms with Gasteiger partial charge in [-0.15, -0.1) is 0 Å². The molecule has 0 heterocycles. The van der Waals surface area contributed by atoms with Crippen molar-refractivity contribution in [3.63, 3.8) is 0 Å². The van der Waals surface area contributed by atoms with Crippen LogP contribution < -0.4 is 10.9 Å². The second kappa shape index (κ2) is 7.42. The summed E-state index contributed by atoms with van der Waals surface area (Å²) in [4.78, 5) is 0. The van der Waals surface area contributed by atoms with Crippen LogP contribution in [0.3, 0.4) is 0 Å². The Kier molecular flexibility index (Phi) is 7.43. The highest BCUT2D eigenvalue weighted by molar-refractivity contribution is 6.60. The monoisotopic (exact) mass is 208 g/mol. The van der Waals surface area contributed by atoms with E-state index in [4.69, 9.17) is 13.3 Å². The fraction of sp³-hybridized carbons (Fsp3) is 1.00. The third-order valence-corrected chi connectivity index (χ3v) is 4.42. The molecule has 0 aliphatic heterocycles. The molecule has 0 radical (unpaired) electrons. The minimum Gasteiger partial charge on any atom is -0.377 e. The summed E-state index contributed by atoms with van der Waals surface area (Å²) in [5.74, 6) is 0. The topological polar surface area (TPSA) is 51.8 Å². The van der Waals surface area contributed by atoms with E-state index in [0.29, 0.717) is 6.73 Å². The maximum absolute atomic E-state index is 5.50. The average molecular weight is 208 g/mol. The molecule has 0 unspecified atom stereocenters. The molecule has 0 saturated carbocycles. The van der Waals surface area contributed by atoms with Gasteiger partial charge in [0.1, 0.15) is 6.73 Å². The van der Waals surface area contributed by atoms with E-state index in [2.05, 4.69) is 10.9 Å². The Bertz CT molecular complexity index is 114. The minimum absolute atomic E-state index is 0.398. The van der Waals surface area contributed by atoms with E-state index in [0.717, 1.165) is 12.6 Å². The Morgan fingerprint density at radius 1 is 1.08 bits per heavy atom. The van der Waals surface area contributed by atoms with Gasteiger partial charge in [-0.3, -0.25) is 5.43 Å². The van der Waals surface area contributed by atoms with Crippen molar-refractivity contribution in [2.75, 3.05) is 27.5 Å². The van der Waals surface area contributed by atoms with E-state index < -0.39 is 8.80 Å². The van der Waals surface area contributed by atoms with Crippen molar-refractivity contribution in [1.82, 2.24) is 10.9 Å². The molecule has 2 N–H and O–H groups in total. The summed E-state index contributed by atoms with van der Waals surface area (Å²) in [5, 5.41) is 0. The second-order valence-corrected chi connectivity index (χ2v) is 5.62. The third kappa shape index (κ3) is 4.70. The van der Waals surface area contributed by atoms with Crippen LogP contribution in [0.1, 0.15) is 13.8 Å². The van der Waals surface area contributed by atoms with Gasteiger partial charge in [0.2, 0.25) is 0 Å². The summed E-state index contributed by atoms with van der Waals surface area (Å²) >= 11 is 0. The van der Waals surface area contributed by atoms with Gasteiger partial charge in [-0.2, -0.15) is 0 Å². The molecule has 5 nitrogen and oxygen atoms in total. The molecule has 0 atom stereocenters. The van der Waals surface area contributed by atoms with Crippen molar-refractivity contribution in [2.24, 2.45) is 0 Å². The van der Waals surface area contributed by atoms with E-state index in [1.807, 2.05) is 13.8 Å². The molecular formula is C7H20N2O3Si. The Hall–Kier alpha value is 0.0169. The van der Waals surface area contributed by atoms with Gasteiger partial charge in [-0.05, 0) is 0 Å². The molecule has 0 amide bonds. The van der Waals surface area contributed by atoms with Gasteiger partial charge in [0, 0.05) is 26.8 Å². The predicted octanol–water partition coefficient (Wildman–Crippen LogP) is 0.326. The predicted molar refractivity (Wildman–Crippen MR) is 53.0 cm³/mol. The fourth-order valence-corrected chi connectivity index (χ4v) is 2.39. The van der Waals surface area contributed by atoms with Crippen LogP contribution in [0.4, 0.5) is 0 Å². The SMILES string of the molecule is CCNNCO[Si](CC)(OC)OC. The van der Waals surface area contributed by atoms with E-state index in [-0.39, 0.29) is 0 Å². The zero-order chi connectivity index (χ0) is 10.2. The molecule has 0 aromatic carbocycles. The smallest absolute Gasteiger partial charge is 0.377 e. The molecule has 0 spiro atoms. The van der Waals surface area contributed by atoms with Crippen molar-refractivity contribution < 1.29 is 13.3 Å². The number of hydrazine groups is 1. The first-order valence-electron chi connectivity index (χ1n) is 4.44. The minimum atomic E-state index is -2.37. The van der Waals surface area contributed by atoms with Crippen molar-refractivity contribution in [1.29, 1.82) is 0 Å². The Morgan fingerprint density at radius 2 is 1.69 bits per heavy atom. The lowest BCUT2D eigenvalue weighted by atomic mass is 10.8. The lowest BCUT2D eigenvalue weighted by molar-refractivity contribution is 0.0867. The quantitative estimate of drug-likeness (QED) is 0.260. The summed E-state index contributed by atoms with van der Waals surface area (Å²) in [6, 6.07) is 0.772. The molecule has 13 heavy (non-hydrogen) atoms. The van der Waals surface area contributed by atoms with Gasteiger partial charge in [0.25, 0.3) is 0 Å². The summed E-state index contributed by atoms with van der Waals surface area (Å²) < 4.78 is 16.0. The number of hydrogen-bond donors (Lipinski definition) is 2. The zero-order valence-electron chi connectivity index (χ0n) is 8.85. The average Bonchev–Trinajstić information content (AvgIpc) is 2.20. The van der Waals surface area contributed by atoms with Gasteiger partial charge < -0.3 is 13.3 Å². The van der Waals surface area contributed by atoms with Crippen LogP contribution in [-0.2, 0) is 13.3 Å². The van der Waals surface area contributed by atoms with E-state index in [1.165, 1.54) is 0 Å². The molecule has 0 aromatic rings. The normalized spacial score (nSPS) is 12.0. The Balaban J connectivity index is 3.68. The number of rotatable bonds is 8. The lowest BCUT2D eigenvalue weighted by Gasteiger charge is -2.25. The van der Waals surface area contributed by atoms with E-state index in [9.17, 15) is 0 Å². The van der Waals surface area contributed by atoms with Gasteiger partial charge in [-0.1, -0.05) is 13.8 Å². The molecule has 6 heteroatoms. The van der Waals surface area contributed by atoms with E-state index in [1.54, 1.807) is 14.2 Å². The first-order chi connectivity index (χ1) is 6.24. The maximum atomic E-state index is 5.50. The van der Waals surface area contributed by atoms with Crippen molar-refractivity contribution in [2.45, 2.75) is 19.9 Å². The molecule has 0 aliphatic rings. The first-order valence-corrected chi connectivity index (χ1v) is 6.37. The molecule has 80 valence electrons. The molecule has 0 bridgehead atoms. The number of hydrogen-bond acceptors (Lipinski definition) is 5. The van der Waals surface area contributed by atoms with Gasteiger partial charge in [-0.25, -0.2) is 5.43 Å². The highest BCUT2D eigenvalue weighted by Gasteiger charge is 2.36. The second-order valence-electron chi connectivity index (χ2n) is 2.44. The van der Waals surface area contributed by atoms with Crippen molar-refractivity contribution in [3.05, 3.63) is 0 Å². The van der Waals surface area contributed by atoms with Crippen LogP contribution in [0.25, 0.3) is 0 Å². The Labute approximate surface area is 81.1 Å². The van der Waals surface area contributed by atoms with Crippen molar-refractivity contribution in [3.8, 4) is 0 Å². The zero-order valence-corrected chi connectivity index (χ0v) is 9.85. The molecule has 0 aromatic heterocycles. The molecular weight excluding hydrogens is 188 g/mol. The molecule has 0 aliphatic carbocycles. The van der Waals surface area contributed by atoms with Crippen LogP contribution in [0.15, 0.2) is 0 Å². The van der Waals surface area contributed by atoms with Gasteiger partial charge in [0.05, 0.1) is 0 Å². The molecule has 0 fully saturated rings. The highest BCUT2D eigenvalue weighted by Crippen LogP contribution is 2.11. The molecule has 0 saturated heterocycles. The van der Waals surface area contributed by atoms with E-state index >= 15 is 0 Å². The summed E-state index contributed by atoms with van der Waals surface area (Å²) in [5.41, 5.74) is 5.82. The standard InChI is InChI=1S/C7H20N2O3Si/c1-5-8-9-7-12-13(6-2,10-3)11-4/h8-9H,5-7H2,1-4H3. The largest absolute Gasteiger partial charge is 0.501 e. The van der Waals surface area contributed by atoms with Crippen LogP contribution in [0, 0.1) is 0 Å². The van der Waals surface area contributed by atoms with Gasteiger partial charge in [0.15, 0.2) is 0 Å². The van der Waals surface area contributed by atoms with Crippen molar-refractivity contribution >= 4 is 8.80 Å². The van der Waals surface area contributed by atoms with Crippen LogP contribution >= 0.6 is 0 Å². The Morgan fingerprint density at radius 3 is 2.08 bits per heavy atom. The highest BCUT2D eigenvalue weighted by atomic mass is 28.4. The fourth-order valence-electron chi connectivity index (χ4n) is 0.914. The van der Waals surface area contributed by atoms with Crippen LogP contribution in [0.5, 0.6) is 0 Å².